The molecular weight excluding hydrogens is 410 g/mol. The van der Waals surface area contributed by atoms with Crippen molar-refractivity contribution in [1.29, 1.82) is 0 Å². The van der Waals surface area contributed by atoms with Gasteiger partial charge in [0.05, 0.1) is 32.3 Å². The third-order valence-corrected chi connectivity index (χ3v) is 5.62. The summed E-state index contributed by atoms with van der Waals surface area (Å²) in [4.78, 5) is 25.8. The SMILES string of the molecule is Cc1cccc2[nH]c(-c3cncc(Br)c3N3CC[C@](C)(NC(=O)O)C3)nc12. The number of nitrogens with one attached hydrogen (secondary N) is 2. The highest BCUT2D eigenvalue weighted by molar-refractivity contribution is 9.10. The number of carboxylic acid groups (broad SMARTS) is 1. The molecule has 0 bridgehead atoms. The molecule has 0 unspecified atom stereocenters. The lowest BCUT2D eigenvalue weighted by atomic mass is 10.0. The van der Waals surface area contributed by atoms with E-state index in [1.165, 1.54) is 0 Å². The fourth-order valence-corrected chi connectivity index (χ4v) is 4.32. The highest BCUT2D eigenvalue weighted by Gasteiger charge is 2.37. The normalized spacial score (nSPS) is 19.6. The van der Waals surface area contributed by atoms with Crippen LogP contribution in [0.4, 0.5) is 10.5 Å². The number of para-hydroxylation sites is 1. The van der Waals surface area contributed by atoms with Crippen LogP contribution in [-0.4, -0.2) is 44.8 Å². The second kappa shape index (κ2) is 6.53. The summed E-state index contributed by atoms with van der Waals surface area (Å²) in [5, 5.41) is 11.8. The van der Waals surface area contributed by atoms with Crippen LogP contribution in [0, 0.1) is 6.92 Å². The van der Waals surface area contributed by atoms with Crippen LogP contribution >= 0.6 is 15.9 Å². The minimum absolute atomic E-state index is 0.490. The molecule has 140 valence electrons. The molecule has 8 heteroatoms. The largest absolute Gasteiger partial charge is 0.465 e. The average Bonchev–Trinajstić information content (AvgIpc) is 3.19. The summed E-state index contributed by atoms with van der Waals surface area (Å²) in [6, 6.07) is 6.05. The Morgan fingerprint density at radius 3 is 2.96 bits per heavy atom. The first kappa shape index (κ1) is 17.8. The minimum atomic E-state index is -0.999. The number of benzene rings is 1. The van der Waals surface area contributed by atoms with Crippen molar-refractivity contribution >= 4 is 38.7 Å². The number of rotatable bonds is 3. The Labute approximate surface area is 165 Å². The molecule has 1 atom stereocenters. The van der Waals surface area contributed by atoms with Crippen molar-refractivity contribution < 1.29 is 9.90 Å². The number of fused-ring (bicyclic) bond motifs is 1. The Hall–Kier alpha value is -2.61. The van der Waals surface area contributed by atoms with Gasteiger partial charge in [-0.1, -0.05) is 12.1 Å². The maximum absolute atomic E-state index is 11.1. The number of pyridine rings is 1. The molecular formula is C19H20BrN5O2. The highest BCUT2D eigenvalue weighted by Crippen LogP contribution is 2.39. The zero-order chi connectivity index (χ0) is 19.2. The van der Waals surface area contributed by atoms with Crippen molar-refractivity contribution in [2.45, 2.75) is 25.8 Å². The monoisotopic (exact) mass is 429 g/mol. The number of amides is 1. The van der Waals surface area contributed by atoms with Crippen LogP contribution in [0.3, 0.4) is 0 Å². The standard InChI is InChI=1S/C19H20BrN5O2/c1-11-4-3-5-14-15(11)23-17(22-14)12-8-21-9-13(20)16(12)25-7-6-19(2,10-25)24-18(26)27/h3-5,8-9,24H,6-7,10H2,1-2H3,(H,22,23)(H,26,27)/t19-/m0/s1. The van der Waals surface area contributed by atoms with Crippen LogP contribution in [0.5, 0.6) is 0 Å². The van der Waals surface area contributed by atoms with Gasteiger partial charge in [0.15, 0.2) is 0 Å². The van der Waals surface area contributed by atoms with E-state index in [1.54, 1.807) is 12.4 Å². The Balaban J connectivity index is 1.77. The lowest BCUT2D eigenvalue weighted by Gasteiger charge is -2.27. The van der Waals surface area contributed by atoms with Crippen molar-refractivity contribution in [3.63, 3.8) is 0 Å². The number of aromatic amines is 1. The van der Waals surface area contributed by atoms with Crippen molar-refractivity contribution in [3.05, 3.63) is 40.6 Å². The molecule has 0 radical (unpaired) electrons. The third-order valence-electron chi connectivity index (χ3n) is 5.04. The molecule has 1 aromatic carbocycles. The first-order chi connectivity index (χ1) is 12.9. The molecule has 1 fully saturated rings. The van der Waals surface area contributed by atoms with E-state index >= 15 is 0 Å². The number of nitrogens with zero attached hydrogens (tertiary/aromatic N) is 3. The number of aryl methyl sites for hydroxylation is 1. The number of hydrogen-bond acceptors (Lipinski definition) is 4. The third kappa shape index (κ3) is 3.25. The Morgan fingerprint density at radius 2 is 2.22 bits per heavy atom. The Morgan fingerprint density at radius 1 is 1.41 bits per heavy atom. The number of H-pyrrole nitrogens is 1. The van der Waals surface area contributed by atoms with Crippen LogP contribution in [-0.2, 0) is 0 Å². The van der Waals surface area contributed by atoms with Crippen molar-refractivity contribution in [3.8, 4) is 11.4 Å². The molecule has 7 nitrogen and oxygen atoms in total. The molecule has 0 aliphatic carbocycles. The van der Waals surface area contributed by atoms with E-state index in [0.717, 1.165) is 51.1 Å². The maximum Gasteiger partial charge on any atom is 0.405 e. The topological polar surface area (TPSA) is 94.1 Å². The van der Waals surface area contributed by atoms with Gasteiger partial charge in [0.2, 0.25) is 0 Å². The van der Waals surface area contributed by atoms with Gasteiger partial charge in [-0.25, -0.2) is 9.78 Å². The van der Waals surface area contributed by atoms with Gasteiger partial charge in [-0.2, -0.15) is 0 Å². The lowest BCUT2D eigenvalue weighted by molar-refractivity contribution is 0.182. The number of halogens is 1. The fourth-order valence-electron chi connectivity index (χ4n) is 3.74. The number of imidazole rings is 1. The molecule has 4 rings (SSSR count). The Bertz CT molecular complexity index is 1030. The van der Waals surface area contributed by atoms with E-state index in [4.69, 9.17) is 10.1 Å². The number of aromatic nitrogens is 3. The average molecular weight is 430 g/mol. The molecule has 3 N–H and O–H groups in total. The van der Waals surface area contributed by atoms with Gasteiger partial charge in [0.25, 0.3) is 0 Å². The molecule has 0 saturated carbocycles. The summed E-state index contributed by atoms with van der Waals surface area (Å²) in [6.45, 7) is 5.29. The van der Waals surface area contributed by atoms with Gasteiger partial charge >= 0.3 is 6.09 Å². The zero-order valence-corrected chi connectivity index (χ0v) is 16.7. The smallest absolute Gasteiger partial charge is 0.405 e. The lowest BCUT2D eigenvalue weighted by Crippen LogP contribution is -2.47. The molecule has 0 spiro atoms. The number of hydrogen-bond donors (Lipinski definition) is 3. The summed E-state index contributed by atoms with van der Waals surface area (Å²) >= 11 is 3.62. The summed E-state index contributed by atoms with van der Waals surface area (Å²) in [6.07, 6.45) is 3.29. The van der Waals surface area contributed by atoms with Crippen molar-refractivity contribution in [1.82, 2.24) is 20.3 Å². The predicted octanol–water partition coefficient (Wildman–Crippen LogP) is 3.93. The van der Waals surface area contributed by atoms with E-state index in [0.29, 0.717) is 6.54 Å². The van der Waals surface area contributed by atoms with Gasteiger partial charge in [0, 0.05) is 25.5 Å². The van der Waals surface area contributed by atoms with Gasteiger partial charge in [-0.15, -0.1) is 0 Å². The second-order valence-electron chi connectivity index (χ2n) is 7.24. The minimum Gasteiger partial charge on any atom is -0.465 e. The number of carbonyl (C=O) groups is 1. The number of anilines is 1. The van der Waals surface area contributed by atoms with Crippen LogP contribution in [0.15, 0.2) is 35.1 Å². The first-order valence-electron chi connectivity index (χ1n) is 8.71. The molecule has 2 aromatic heterocycles. The molecule has 3 aromatic rings. The quantitative estimate of drug-likeness (QED) is 0.586. The van der Waals surface area contributed by atoms with E-state index in [1.807, 2.05) is 32.0 Å². The van der Waals surface area contributed by atoms with Crippen LogP contribution in [0.1, 0.15) is 18.9 Å². The van der Waals surface area contributed by atoms with Gasteiger partial charge in [-0.3, -0.25) is 4.98 Å². The summed E-state index contributed by atoms with van der Waals surface area (Å²) in [5.74, 6) is 0.753. The molecule has 1 amide bonds. The highest BCUT2D eigenvalue weighted by atomic mass is 79.9. The second-order valence-corrected chi connectivity index (χ2v) is 8.09. The molecule has 1 aliphatic rings. The molecule has 1 saturated heterocycles. The van der Waals surface area contributed by atoms with Gasteiger partial charge in [0.1, 0.15) is 5.82 Å². The van der Waals surface area contributed by atoms with E-state index in [2.05, 4.69) is 36.1 Å². The Kier molecular flexibility index (Phi) is 4.30. The maximum atomic E-state index is 11.1. The summed E-state index contributed by atoms with van der Waals surface area (Å²) < 4.78 is 0.858. The summed E-state index contributed by atoms with van der Waals surface area (Å²) in [7, 11) is 0. The first-order valence-corrected chi connectivity index (χ1v) is 9.51. The molecule has 1 aliphatic heterocycles. The fraction of sp³-hybridized carbons (Fsp3) is 0.316. The van der Waals surface area contributed by atoms with Crippen molar-refractivity contribution in [2.24, 2.45) is 0 Å². The zero-order valence-electron chi connectivity index (χ0n) is 15.1. The predicted molar refractivity (Wildman–Crippen MR) is 108 cm³/mol. The van der Waals surface area contributed by atoms with E-state index in [9.17, 15) is 4.79 Å². The van der Waals surface area contributed by atoms with Gasteiger partial charge in [-0.05, 0) is 47.8 Å². The van der Waals surface area contributed by atoms with E-state index < -0.39 is 11.6 Å². The molecule has 27 heavy (non-hydrogen) atoms. The van der Waals surface area contributed by atoms with Crippen molar-refractivity contribution in [2.75, 3.05) is 18.0 Å². The summed E-state index contributed by atoms with van der Waals surface area (Å²) in [5.41, 5.74) is 4.40. The van der Waals surface area contributed by atoms with E-state index in [-0.39, 0.29) is 0 Å². The molecule has 3 heterocycles. The van der Waals surface area contributed by atoms with Crippen LogP contribution in [0.25, 0.3) is 22.4 Å². The van der Waals surface area contributed by atoms with Crippen LogP contribution < -0.4 is 10.2 Å². The van der Waals surface area contributed by atoms with Crippen LogP contribution in [0.2, 0.25) is 0 Å². The van der Waals surface area contributed by atoms with Gasteiger partial charge < -0.3 is 20.3 Å².